The minimum atomic E-state index is -3.70. The quantitative estimate of drug-likeness (QED) is 0.517. The van der Waals surface area contributed by atoms with Crippen molar-refractivity contribution < 1.29 is 27.5 Å². The lowest BCUT2D eigenvalue weighted by Crippen LogP contribution is -2.21. The molecule has 0 fully saturated rings. The number of hydrogen-bond acceptors (Lipinski definition) is 6. The number of hydrogen-bond donors (Lipinski definition) is 2. The first-order valence-corrected chi connectivity index (χ1v) is 10.7. The highest BCUT2D eigenvalue weighted by Gasteiger charge is 2.20. The maximum Gasteiger partial charge on any atom is 0.355 e. The van der Waals surface area contributed by atoms with Gasteiger partial charge in [-0.15, -0.1) is 0 Å². The van der Waals surface area contributed by atoms with Gasteiger partial charge >= 0.3 is 5.97 Å². The Bertz CT molecular complexity index is 1190. The molecule has 1 heterocycles. The zero-order valence-electron chi connectivity index (χ0n) is 16.9. The first-order chi connectivity index (χ1) is 14.8. The molecule has 1 amide bonds. The molecule has 1 aromatic heterocycles. The van der Waals surface area contributed by atoms with Gasteiger partial charge in [-0.1, -0.05) is 24.3 Å². The molecule has 3 rings (SSSR count). The van der Waals surface area contributed by atoms with Crippen molar-refractivity contribution in [3.05, 3.63) is 72.6 Å². The van der Waals surface area contributed by atoms with E-state index in [-0.39, 0.29) is 10.6 Å². The zero-order chi connectivity index (χ0) is 22.4. The molecule has 0 bridgehead atoms. The third kappa shape index (κ3) is 5.71. The average molecular weight is 443 g/mol. The fraction of sp³-hybridized carbons (Fsp3) is 0.143. The lowest BCUT2D eigenvalue weighted by molar-refractivity contribution is -0.119. The molecular weight excluding hydrogens is 422 g/mol. The molecule has 10 heteroatoms. The van der Waals surface area contributed by atoms with Gasteiger partial charge in [-0.25, -0.2) is 17.9 Å². The Hall–Kier alpha value is -3.63. The predicted molar refractivity (Wildman–Crippen MR) is 114 cm³/mol. The van der Waals surface area contributed by atoms with Crippen LogP contribution in [0.15, 0.2) is 71.8 Å². The Labute approximate surface area is 179 Å². The minimum absolute atomic E-state index is 0.000108. The summed E-state index contributed by atoms with van der Waals surface area (Å²) in [5, 5.41) is 2.62. The lowest BCUT2D eigenvalue weighted by atomic mass is 10.3. The van der Waals surface area contributed by atoms with Gasteiger partial charge in [-0.05, 0) is 37.4 Å². The van der Waals surface area contributed by atoms with Crippen molar-refractivity contribution in [3.63, 3.8) is 0 Å². The van der Waals surface area contributed by atoms with E-state index in [1.54, 1.807) is 24.3 Å². The number of ether oxygens (including phenoxy) is 2. The normalized spacial score (nSPS) is 11.0. The summed E-state index contributed by atoms with van der Waals surface area (Å²) in [6.07, 6.45) is 1.28. The molecular formula is C21H21N3O6S. The molecule has 0 saturated heterocycles. The number of carbonyl (C=O) groups excluding carboxylic acids is 2. The summed E-state index contributed by atoms with van der Waals surface area (Å²) in [7, 11) is -0.930. The van der Waals surface area contributed by atoms with Gasteiger partial charge in [0.05, 0.1) is 0 Å². The predicted octanol–water partition coefficient (Wildman–Crippen LogP) is 2.52. The summed E-state index contributed by atoms with van der Waals surface area (Å²) in [6.45, 7) is -0.540. The van der Waals surface area contributed by atoms with Gasteiger partial charge in [0.2, 0.25) is 10.0 Å². The second-order valence-corrected chi connectivity index (χ2v) is 8.33. The van der Waals surface area contributed by atoms with E-state index in [1.807, 2.05) is 30.3 Å². The van der Waals surface area contributed by atoms with Gasteiger partial charge in [0.25, 0.3) is 5.91 Å². The van der Waals surface area contributed by atoms with Crippen LogP contribution < -0.4 is 14.8 Å². The van der Waals surface area contributed by atoms with Crippen molar-refractivity contribution >= 4 is 27.6 Å². The third-order valence-electron chi connectivity index (χ3n) is 4.20. The lowest BCUT2D eigenvalue weighted by Gasteiger charge is -2.09. The van der Waals surface area contributed by atoms with Crippen molar-refractivity contribution in [2.75, 3.05) is 19.0 Å². The number of benzene rings is 2. The van der Waals surface area contributed by atoms with E-state index in [4.69, 9.17) is 9.47 Å². The van der Waals surface area contributed by atoms with Gasteiger partial charge in [-0.2, -0.15) is 0 Å². The highest BCUT2D eigenvalue weighted by Crippen LogP contribution is 2.23. The number of sulfonamides is 1. The van der Waals surface area contributed by atoms with E-state index in [0.717, 1.165) is 0 Å². The molecule has 31 heavy (non-hydrogen) atoms. The Morgan fingerprint density at radius 3 is 2.42 bits per heavy atom. The third-order valence-corrected chi connectivity index (χ3v) is 5.58. The van der Waals surface area contributed by atoms with Crippen LogP contribution >= 0.6 is 0 Å². The van der Waals surface area contributed by atoms with Gasteiger partial charge < -0.3 is 19.4 Å². The van der Waals surface area contributed by atoms with Crippen LogP contribution in [0.5, 0.6) is 11.5 Å². The number of para-hydroxylation sites is 1. The smallest absolute Gasteiger partial charge is 0.355 e. The number of nitrogens with one attached hydrogen (secondary N) is 2. The van der Waals surface area contributed by atoms with E-state index in [2.05, 4.69) is 10.0 Å². The molecule has 0 aliphatic heterocycles. The van der Waals surface area contributed by atoms with E-state index in [9.17, 15) is 18.0 Å². The second-order valence-electron chi connectivity index (χ2n) is 6.45. The topological polar surface area (TPSA) is 116 Å². The monoisotopic (exact) mass is 443 g/mol. The van der Waals surface area contributed by atoms with Crippen LogP contribution in [0.3, 0.4) is 0 Å². The first-order valence-electron chi connectivity index (χ1n) is 9.18. The highest BCUT2D eigenvalue weighted by molar-refractivity contribution is 7.89. The van der Waals surface area contributed by atoms with Gasteiger partial charge in [0.15, 0.2) is 6.61 Å². The van der Waals surface area contributed by atoms with Crippen LogP contribution in [0.1, 0.15) is 10.5 Å². The molecule has 0 unspecified atom stereocenters. The number of aromatic nitrogens is 1. The van der Waals surface area contributed by atoms with Gasteiger partial charge in [0.1, 0.15) is 22.1 Å². The summed E-state index contributed by atoms with van der Waals surface area (Å²) in [6, 6.07) is 17.1. The second kappa shape index (κ2) is 9.45. The standard InChI is InChI=1S/C21H21N3O6S/c1-22-31(27,28)18-12-19(24(2)13-18)21(26)29-14-20(25)23-15-7-6-10-17(11-15)30-16-8-4-3-5-9-16/h3-13,22H,14H2,1-2H3,(H,23,25). The molecule has 0 radical (unpaired) electrons. The van der Waals surface area contributed by atoms with E-state index < -0.39 is 28.5 Å². The number of aryl methyl sites for hydroxylation is 1. The van der Waals surface area contributed by atoms with E-state index in [1.165, 1.54) is 30.9 Å². The Kier molecular flexibility index (Phi) is 6.73. The largest absolute Gasteiger partial charge is 0.457 e. The fourth-order valence-corrected chi connectivity index (χ4v) is 3.47. The van der Waals surface area contributed by atoms with Crippen LogP contribution in [-0.2, 0) is 26.6 Å². The average Bonchev–Trinajstić information content (AvgIpc) is 3.15. The van der Waals surface area contributed by atoms with E-state index >= 15 is 0 Å². The van der Waals surface area contributed by atoms with Gasteiger partial charge in [0, 0.05) is 25.0 Å². The fourth-order valence-electron chi connectivity index (χ4n) is 2.67. The summed E-state index contributed by atoms with van der Waals surface area (Å²) in [4.78, 5) is 24.3. The molecule has 2 aromatic carbocycles. The molecule has 0 aliphatic carbocycles. The Morgan fingerprint density at radius 1 is 1.00 bits per heavy atom. The molecule has 0 atom stereocenters. The number of esters is 1. The summed E-state index contributed by atoms with van der Waals surface area (Å²) in [5.74, 6) is -0.191. The Morgan fingerprint density at radius 2 is 1.71 bits per heavy atom. The summed E-state index contributed by atoms with van der Waals surface area (Å²) >= 11 is 0. The van der Waals surface area contributed by atoms with Crippen molar-refractivity contribution in [1.29, 1.82) is 0 Å². The molecule has 162 valence electrons. The van der Waals surface area contributed by atoms with Crippen molar-refractivity contribution in [3.8, 4) is 11.5 Å². The van der Waals surface area contributed by atoms with Crippen LogP contribution in [0.4, 0.5) is 5.69 Å². The van der Waals surface area contributed by atoms with Crippen LogP contribution in [0.25, 0.3) is 0 Å². The van der Waals surface area contributed by atoms with Crippen LogP contribution in [-0.4, -0.2) is 38.5 Å². The highest BCUT2D eigenvalue weighted by atomic mass is 32.2. The van der Waals surface area contributed by atoms with Crippen molar-refractivity contribution in [1.82, 2.24) is 9.29 Å². The maximum atomic E-state index is 12.3. The molecule has 0 spiro atoms. The molecule has 9 nitrogen and oxygen atoms in total. The maximum absolute atomic E-state index is 12.3. The first kappa shape index (κ1) is 22.1. The molecule has 0 saturated carbocycles. The van der Waals surface area contributed by atoms with Crippen molar-refractivity contribution in [2.45, 2.75) is 4.90 Å². The number of carbonyl (C=O) groups is 2. The molecule has 3 aromatic rings. The molecule has 0 aliphatic rings. The number of amides is 1. The minimum Gasteiger partial charge on any atom is -0.457 e. The summed E-state index contributed by atoms with van der Waals surface area (Å²) < 4.78 is 37.9. The zero-order valence-corrected chi connectivity index (χ0v) is 17.7. The number of anilines is 1. The van der Waals surface area contributed by atoms with Crippen molar-refractivity contribution in [2.24, 2.45) is 7.05 Å². The summed E-state index contributed by atoms with van der Waals surface area (Å²) in [5.41, 5.74) is 0.468. The number of nitrogens with zero attached hydrogens (tertiary/aromatic N) is 1. The molecule has 2 N–H and O–H groups in total. The van der Waals surface area contributed by atoms with Gasteiger partial charge in [-0.3, -0.25) is 4.79 Å². The number of rotatable bonds is 8. The van der Waals surface area contributed by atoms with Crippen LogP contribution in [0.2, 0.25) is 0 Å². The Balaban J connectivity index is 1.58. The van der Waals surface area contributed by atoms with E-state index in [0.29, 0.717) is 17.2 Å². The SMILES string of the molecule is CNS(=O)(=O)c1cc(C(=O)OCC(=O)Nc2cccc(Oc3ccccc3)c2)n(C)c1. The van der Waals surface area contributed by atoms with Crippen LogP contribution in [0, 0.1) is 0 Å².